The fraction of sp³-hybridized carbons (Fsp3) is 0.235. The van der Waals surface area contributed by atoms with Gasteiger partial charge in [0, 0.05) is 28.8 Å². The quantitative estimate of drug-likeness (QED) is 0.659. The number of aliphatic hydroxyl groups excluding tert-OH is 1. The minimum atomic E-state index is -0.441. The number of aliphatic hydroxyl groups is 1. The standard InChI is InChI=1S/C17H17NO3S/c19-11-16-10-15(13-22-16)8-4-5-9-18-17(20)21-12-14-6-2-1-3-7-14/h1-3,6-7,10,13,19H,5,9,11-12H2,(H,18,20). The Morgan fingerprint density at radius 2 is 2.14 bits per heavy atom. The highest BCUT2D eigenvalue weighted by Crippen LogP contribution is 2.13. The van der Waals surface area contributed by atoms with Crippen LogP contribution < -0.4 is 5.32 Å². The molecule has 1 heterocycles. The minimum absolute atomic E-state index is 0.0428. The molecule has 5 heteroatoms. The van der Waals surface area contributed by atoms with E-state index in [1.54, 1.807) is 0 Å². The Morgan fingerprint density at radius 1 is 1.32 bits per heavy atom. The van der Waals surface area contributed by atoms with Crippen molar-refractivity contribution < 1.29 is 14.6 Å². The number of amides is 1. The molecule has 2 rings (SSSR count). The van der Waals surface area contributed by atoms with E-state index in [-0.39, 0.29) is 13.2 Å². The summed E-state index contributed by atoms with van der Waals surface area (Å²) in [4.78, 5) is 12.4. The van der Waals surface area contributed by atoms with Crippen LogP contribution in [0.5, 0.6) is 0 Å². The van der Waals surface area contributed by atoms with Crippen molar-refractivity contribution in [2.75, 3.05) is 6.54 Å². The maximum atomic E-state index is 11.5. The van der Waals surface area contributed by atoms with Gasteiger partial charge in [0.25, 0.3) is 0 Å². The van der Waals surface area contributed by atoms with E-state index in [2.05, 4.69) is 17.2 Å². The Bertz CT molecular complexity index is 655. The monoisotopic (exact) mass is 315 g/mol. The first-order valence-electron chi connectivity index (χ1n) is 6.89. The lowest BCUT2D eigenvalue weighted by atomic mass is 10.2. The first-order chi connectivity index (χ1) is 10.8. The highest BCUT2D eigenvalue weighted by molar-refractivity contribution is 7.10. The van der Waals surface area contributed by atoms with Gasteiger partial charge in [-0.1, -0.05) is 42.2 Å². The van der Waals surface area contributed by atoms with Gasteiger partial charge >= 0.3 is 6.09 Å². The van der Waals surface area contributed by atoms with Crippen LogP contribution in [-0.4, -0.2) is 17.7 Å². The van der Waals surface area contributed by atoms with Gasteiger partial charge in [-0.2, -0.15) is 0 Å². The second-order valence-electron chi connectivity index (χ2n) is 4.50. The predicted molar refractivity (Wildman–Crippen MR) is 86.4 cm³/mol. The molecule has 0 atom stereocenters. The van der Waals surface area contributed by atoms with Crippen LogP contribution in [0.15, 0.2) is 41.8 Å². The van der Waals surface area contributed by atoms with E-state index in [1.165, 1.54) is 11.3 Å². The molecule has 0 aliphatic heterocycles. The van der Waals surface area contributed by atoms with E-state index in [0.29, 0.717) is 13.0 Å². The van der Waals surface area contributed by atoms with Crippen LogP contribution in [0.2, 0.25) is 0 Å². The zero-order valence-corrected chi connectivity index (χ0v) is 12.9. The summed E-state index contributed by atoms with van der Waals surface area (Å²) in [5, 5.41) is 13.5. The fourth-order valence-corrected chi connectivity index (χ4v) is 2.37. The Morgan fingerprint density at radius 3 is 2.86 bits per heavy atom. The molecule has 22 heavy (non-hydrogen) atoms. The lowest BCUT2D eigenvalue weighted by Crippen LogP contribution is -2.24. The second kappa shape index (κ2) is 8.88. The molecular formula is C17H17NO3S. The zero-order valence-electron chi connectivity index (χ0n) is 12.0. The van der Waals surface area contributed by atoms with Crippen molar-refractivity contribution in [2.45, 2.75) is 19.6 Å². The summed E-state index contributed by atoms with van der Waals surface area (Å²) in [5.41, 5.74) is 1.84. The van der Waals surface area contributed by atoms with E-state index < -0.39 is 6.09 Å². The van der Waals surface area contributed by atoms with E-state index >= 15 is 0 Å². The zero-order chi connectivity index (χ0) is 15.6. The average Bonchev–Trinajstić information content (AvgIpc) is 3.01. The lowest BCUT2D eigenvalue weighted by Gasteiger charge is -2.05. The molecule has 0 aliphatic carbocycles. The third-order valence-electron chi connectivity index (χ3n) is 2.77. The second-order valence-corrected chi connectivity index (χ2v) is 5.50. The maximum Gasteiger partial charge on any atom is 0.407 e. The van der Waals surface area contributed by atoms with Crippen LogP contribution in [0.4, 0.5) is 4.79 Å². The molecule has 2 N–H and O–H groups in total. The fourth-order valence-electron chi connectivity index (χ4n) is 1.69. The maximum absolute atomic E-state index is 11.5. The lowest BCUT2D eigenvalue weighted by molar-refractivity contribution is 0.140. The number of rotatable bonds is 5. The molecule has 1 aromatic carbocycles. The molecule has 2 aromatic rings. The molecule has 0 saturated heterocycles. The SMILES string of the molecule is O=C(NCCC#Cc1csc(CO)c1)OCc1ccccc1. The third kappa shape index (κ3) is 5.60. The molecular weight excluding hydrogens is 298 g/mol. The van der Waals surface area contributed by atoms with Crippen molar-refractivity contribution in [3.63, 3.8) is 0 Å². The summed E-state index contributed by atoms with van der Waals surface area (Å²) in [7, 11) is 0. The summed E-state index contributed by atoms with van der Waals surface area (Å²) >= 11 is 1.48. The average molecular weight is 315 g/mol. The van der Waals surface area contributed by atoms with Gasteiger partial charge < -0.3 is 15.2 Å². The minimum Gasteiger partial charge on any atom is -0.445 e. The first-order valence-corrected chi connectivity index (χ1v) is 7.77. The molecule has 0 bridgehead atoms. The third-order valence-corrected chi connectivity index (χ3v) is 3.70. The molecule has 114 valence electrons. The van der Waals surface area contributed by atoms with Crippen molar-refractivity contribution in [3.05, 3.63) is 57.8 Å². The van der Waals surface area contributed by atoms with E-state index in [9.17, 15) is 4.79 Å². The van der Waals surface area contributed by atoms with Crippen molar-refractivity contribution in [1.82, 2.24) is 5.32 Å². The van der Waals surface area contributed by atoms with Gasteiger partial charge in [0.15, 0.2) is 0 Å². The Hall–Kier alpha value is -2.29. The van der Waals surface area contributed by atoms with Gasteiger partial charge in [-0.05, 0) is 11.6 Å². The molecule has 0 radical (unpaired) electrons. The number of carbonyl (C=O) groups excluding carboxylic acids is 1. The van der Waals surface area contributed by atoms with Crippen molar-refractivity contribution >= 4 is 17.4 Å². The smallest absolute Gasteiger partial charge is 0.407 e. The summed E-state index contributed by atoms with van der Waals surface area (Å²) in [5.74, 6) is 5.96. The summed E-state index contributed by atoms with van der Waals surface area (Å²) in [6.07, 6.45) is 0.105. The number of thiophene rings is 1. The van der Waals surface area contributed by atoms with Gasteiger partial charge in [-0.15, -0.1) is 11.3 Å². The van der Waals surface area contributed by atoms with Gasteiger partial charge in [0.2, 0.25) is 0 Å². The van der Waals surface area contributed by atoms with Gasteiger partial charge in [-0.3, -0.25) is 0 Å². The first kappa shape index (κ1) is 16.1. The molecule has 0 saturated carbocycles. The highest BCUT2D eigenvalue weighted by Gasteiger charge is 2.00. The topological polar surface area (TPSA) is 58.6 Å². The molecule has 0 spiro atoms. The van der Waals surface area contributed by atoms with Crippen LogP contribution in [0, 0.1) is 11.8 Å². The molecule has 1 amide bonds. The van der Waals surface area contributed by atoms with Gasteiger partial charge in [0.1, 0.15) is 6.61 Å². The number of benzene rings is 1. The largest absolute Gasteiger partial charge is 0.445 e. The molecule has 0 unspecified atom stereocenters. The Kier molecular flexibility index (Phi) is 6.49. The number of hydrogen-bond donors (Lipinski definition) is 2. The number of carbonyl (C=O) groups is 1. The Balaban J connectivity index is 1.63. The Labute approximate surface area is 133 Å². The van der Waals surface area contributed by atoms with Crippen molar-refractivity contribution in [3.8, 4) is 11.8 Å². The van der Waals surface area contributed by atoms with E-state index in [1.807, 2.05) is 41.8 Å². The van der Waals surface area contributed by atoms with E-state index in [0.717, 1.165) is 16.0 Å². The van der Waals surface area contributed by atoms with Crippen LogP contribution in [0.25, 0.3) is 0 Å². The normalized spacial score (nSPS) is 9.68. The van der Waals surface area contributed by atoms with Crippen LogP contribution >= 0.6 is 11.3 Å². The molecule has 4 nitrogen and oxygen atoms in total. The van der Waals surface area contributed by atoms with Crippen LogP contribution in [0.1, 0.15) is 22.4 Å². The summed E-state index contributed by atoms with van der Waals surface area (Å²) in [6, 6.07) is 11.4. The molecule has 0 fully saturated rings. The van der Waals surface area contributed by atoms with Crippen molar-refractivity contribution in [1.29, 1.82) is 0 Å². The highest BCUT2D eigenvalue weighted by atomic mass is 32.1. The van der Waals surface area contributed by atoms with E-state index in [4.69, 9.17) is 9.84 Å². The molecule has 0 aliphatic rings. The van der Waals surface area contributed by atoms with Gasteiger partial charge in [-0.25, -0.2) is 4.79 Å². The number of alkyl carbamates (subject to hydrolysis) is 1. The number of nitrogens with one attached hydrogen (secondary N) is 1. The van der Waals surface area contributed by atoms with Crippen molar-refractivity contribution in [2.24, 2.45) is 0 Å². The number of ether oxygens (including phenoxy) is 1. The van der Waals surface area contributed by atoms with Crippen LogP contribution in [-0.2, 0) is 18.0 Å². The summed E-state index contributed by atoms with van der Waals surface area (Å²) < 4.78 is 5.09. The molecule has 1 aromatic heterocycles. The predicted octanol–water partition coefficient (Wildman–Crippen LogP) is 2.91. The summed E-state index contributed by atoms with van der Waals surface area (Å²) in [6.45, 7) is 0.746. The van der Waals surface area contributed by atoms with Gasteiger partial charge in [0.05, 0.1) is 6.61 Å². The number of hydrogen-bond acceptors (Lipinski definition) is 4. The van der Waals surface area contributed by atoms with Crippen LogP contribution in [0.3, 0.4) is 0 Å².